The summed E-state index contributed by atoms with van der Waals surface area (Å²) < 4.78 is 1.63. The first-order chi connectivity index (χ1) is 9.13. The molecule has 96 valence electrons. The first-order valence-corrected chi connectivity index (χ1v) is 6.65. The molecule has 1 aromatic carbocycles. The van der Waals surface area contributed by atoms with Gasteiger partial charge in [-0.3, -0.25) is 4.79 Å². The maximum absolute atomic E-state index is 12.1. The third-order valence-electron chi connectivity index (χ3n) is 2.77. The Morgan fingerprint density at radius 3 is 2.84 bits per heavy atom. The molecule has 2 aromatic heterocycles. The molecule has 0 saturated heterocycles. The molecule has 0 spiro atoms. The lowest BCUT2D eigenvalue weighted by molar-refractivity contribution is 0.102. The van der Waals surface area contributed by atoms with E-state index in [1.807, 2.05) is 38.1 Å². The van der Waals surface area contributed by atoms with Gasteiger partial charge >= 0.3 is 0 Å². The van der Waals surface area contributed by atoms with Gasteiger partial charge in [0.05, 0.1) is 6.20 Å². The molecule has 0 atom stereocenters. The van der Waals surface area contributed by atoms with E-state index in [4.69, 9.17) is 0 Å². The van der Waals surface area contributed by atoms with Crippen molar-refractivity contribution < 1.29 is 4.79 Å². The van der Waals surface area contributed by atoms with Gasteiger partial charge in [-0.1, -0.05) is 29.5 Å². The molecular formula is C13H12N4OS. The third-order valence-corrected chi connectivity index (χ3v) is 3.61. The zero-order valence-corrected chi connectivity index (χ0v) is 11.4. The van der Waals surface area contributed by atoms with Crippen LogP contribution in [-0.2, 0) is 0 Å². The van der Waals surface area contributed by atoms with Crippen molar-refractivity contribution >= 4 is 27.9 Å². The molecule has 0 saturated carbocycles. The molecule has 0 unspecified atom stereocenters. The maximum Gasteiger partial charge on any atom is 0.275 e. The molecule has 0 fully saturated rings. The zero-order valence-electron chi connectivity index (χ0n) is 10.5. The van der Waals surface area contributed by atoms with Crippen molar-refractivity contribution in [3.8, 4) is 0 Å². The summed E-state index contributed by atoms with van der Waals surface area (Å²) in [5, 5.41) is 8.01. The zero-order chi connectivity index (χ0) is 13.4. The number of nitrogens with one attached hydrogen (secondary N) is 1. The minimum absolute atomic E-state index is 0.218. The molecule has 5 nitrogen and oxygen atoms in total. The number of hydrogen-bond acceptors (Lipinski definition) is 4. The summed E-state index contributed by atoms with van der Waals surface area (Å²) in [7, 11) is 0. The second-order valence-electron chi connectivity index (χ2n) is 4.24. The lowest BCUT2D eigenvalue weighted by atomic mass is 10.2. The van der Waals surface area contributed by atoms with Gasteiger partial charge in [-0.15, -0.1) is 0 Å². The monoisotopic (exact) mass is 272 g/mol. The normalized spacial score (nSPS) is 10.8. The van der Waals surface area contributed by atoms with E-state index in [9.17, 15) is 4.79 Å². The summed E-state index contributed by atoms with van der Waals surface area (Å²) in [6.07, 6.45) is 1.65. The number of rotatable bonds is 2. The molecule has 0 aliphatic heterocycles. The van der Waals surface area contributed by atoms with Crippen molar-refractivity contribution in [2.24, 2.45) is 0 Å². The summed E-state index contributed by atoms with van der Waals surface area (Å²) in [6, 6.07) is 7.64. The van der Waals surface area contributed by atoms with Crippen molar-refractivity contribution in [3.05, 3.63) is 46.7 Å². The number of imidazole rings is 1. The highest BCUT2D eigenvalue weighted by Crippen LogP contribution is 2.16. The Bertz CT molecular complexity index is 727. The maximum atomic E-state index is 12.1. The molecule has 19 heavy (non-hydrogen) atoms. The van der Waals surface area contributed by atoms with Crippen LogP contribution in [0.1, 0.15) is 21.1 Å². The summed E-state index contributed by atoms with van der Waals surface area (Å²) in [6.45, 7) is 3.86. The van der Waals surface area contributed by atoms with Gasteiger partial charge in [0, 0.05) is 5.69 Å². The fourth-order valence-electron chi connectivity index (χ4n) is 1.81. The molecule has 1 amide bonds. The first-order valence-electron chi connectivity index (χ1n) is 5.83. The molecule has 2 heterocycles. The minimum Gasteiger partial charge on any atom is -0.320 e. The molecule has 0 aliphatic carbocycles. The smallest absolute Gasteiger partial charge is 0.275 e. The largest absolute Gasteiger partial charge is 0.320 e. The second-order valence-corrected chi connectivity index (χ2v) is 5.40. The number of nitrogens with zero attached hydrogens (tertiary/aromatic N) is 3. The van der Waals surface area contributed by atoms with Crippen LogP contribution in [0.15, 0.2) is 30.5 Å². The van der Waals surface area contributed by atoms with E-state index in [1.165, 1.54) is 11.3 Å². The van der Waals surface area contributed by atoms with E-state index < -0.39 is 0 Å². The van der Waals surface area contributed by atoms with Gasteiger partial charge in [0.15, 0.2) is 0 Å². The van der Waals surface area contributed by atoms with Crippen molar-refractivity contribution in [3.63, 3.8) is 0 Å². The van der Waals surface area contributed by atoms with Gasteiger partial charge in [0.25, 0.3) is 5.91 Å². The average Bonchev–Trinajstić information content (AvgIpc) is 2.89. The third kappa shape index (κ3) is 2.22. The number of para-hydroxylation sites is 1. The first kappa shape index (κ1) is 11.9. The molecular weight excluding hydrogens is 260 g/mol. The van der Waals surface area contributed by atoms with E-state index in [0.29, 0.717) is 5.69 Å². The van der Waals surface area contributed by atoms with Crippen LogP contribution in [0.5, 0.6) is 0 Å². The van der Waals surface area contributed by atoms with E-state index >= 15 is 0 Å². The van der Waals surface area contributed by atoms with Crippen LogP contribution < -0.4 is 5.32 Å². The van der Waals surface area contributed by atoms with E-state index in [-0.39, 0.29) is 5.91 Å². The fourth-order valence-corrected chi connectivity index (χ4v) is 2.53. The van der Waals surface area contributed by atoms with Crippen LogP contribution in [0.25, 0.3) is 4.96 Å². The van der Waals surface area contributed by atoms with Crippen molar-refractivity contribution in [1.29, 1.82) is 0 Å². The fraction of sp³-hybridized carbons (Fsp3) is 0.154. The number of aryl methyl sites for hydroxylation is 2. The second kappa shape index (κ2) is 4.47. The molecule has 1 N–H and O–H groups in total. The minimum atomic E-state index is -0.218. The Labute approximate surface area is 113 Å². The SMILES string of the molecule is Cc1nn2cc(C(=O)Nc3ccccc3C)nc2s1. The van der Waals surface area contributed by atoms with Crippen LogP contribution in [0.4, 0.5) is 5.69 Å². The summed E-state index contributed by atoms with van der Waals surface area (Å²) in [4.78, 5) is 17.1. The van der Waals surface area contributed by atoms with Gasteiger partial charge in [0.2, 0.25) is 4.96 Å². The number of carbonyl (C=O) groups is 1. The number of benzene rings is 1. The predicted octanol–water partition coefficient (Wildman–Crippen LogP) is 2.66. The summed E-state index contributed by atoms with van der Waals surface area (Å²) in [5.74, 6) is -0.218. The molecule has 0 bridgehead atoms. The molecule has 0 radical (unpaired) electrons. The lowest BCUT2D eigenvalue weighted by Gasteiger charge is -2.05. The Kier molecular flexibility index (Phi) is 2.79. The van der Waals surface area contributed by atoms with E-state index in [2.05, 4.69) is 15.4 Å². The van der Waals surface area contributed by atoms with Crippen LogP contribution in [0.3, 0.4) is 0 Å². The number of amides is 1. The van der Waals surface area contributed by atoms with E-state index in [0.717, 1.165) is 21.2 Å². The van der Waals surface area contributed by atoms with Crippen LogP contribution >= 0.6 is 11.3 Å². The lowest BCUT2D eigenvalue weighted by Crippen LogP contribution is -2.13. The Morgan fingerprint density at radius 2 is 2.11 bits per heavy atom. The highest BCUT2D eigenvalue weighted by Gasteiger charge is 2.13. The number of hydrogen-bond donors (Lipinski definition) is 1. The summed E-state index contributed by atoms with van der Waals surface area (Å²) >= 11 is 1.46. The highest BCUT2D eigenvalue weighted by atomic mass is 32.1. The molecule has 6 heteroatoms. The van der Waals surface area contributed by atoms with Gasteiger partial charge < -0.3 is 5.32 Å². The van der Waals surface area contributed by atoms with Crippen LogP contribution in [0, 0.1) is 13.8 Å². The number of anilines is 1. The number of fused-ring (bicyclic) bond motifs is 1. The number of aromatic nitrogens is 3. The average molecular weight is 272 g/mol. The van der Waals surface area contributed by atoms with Crippen LogP contribution in [0.2, 0.25) is 0 Å². The van der Waals surface area contributed by atoms with Crippen molar-refractivity contribution in [2.45, 2.75) is 13.8 Å². The van der Waals surface area contributed by atoms with Gasteiger partial charge in [-0.25, -0.2) is 9.50 Å². The summed E-state index contributed by atoms with van der Waals surface area (Å²) in [5.41, 5.74) is 2.20. The molecule has 0 aliphatic rings. The van der Waals surface area contributed by atoms with Crippen LogP contribution in [-0.4, -0.2) is 20.5 Å². The Morgan fingerprint density at radius 1 is 1.32 bits per heavy atom. The standard InChI is InChI=1S/C13H12N4OS/c1-8-5-3-4-6-10(8)14-12(18)11-7-17-13(15-11)19-9(2)16-17/h3-7H,1-2H3,(H,14,18). The van der Waals surface area contributed by atoms with Gasteiger partial charge in [-0.2, -0.15) is 5.10 Å². The topological polar surface area (TPSA) is 59.3 Å². The van der Waals surface area contributed by atoms with Gasteiger partial charge in [0.1, 0.15) is 10.7 Å². The quantitative estimate of drug-likeness (QED) is 0.780. The Hall–Kier alpha value is -2.21. The number of carbonyl (C=O) groups excluding carboxylic acids is 1. The highest BCUT2D eigenvalue weighted by molar-refractivity contribution is 7.16. The van der Waals surface area contributed by atoms with E-state index in [1.54, 1.807) is 10.7 Å². The van der Waals surface area contributed by atoms with Gasteiger partial charge in [-0.05, 0) is 25.5 Å². The molecule has 3 aromatic rings. The molecule has 3 rings (SSSR count). The predicted molar refractivity (Wildman–Crippen MR) is 74.7 cm³/mol. The Balaban J connectivity index is 1.87. The van der Waals surface area contributed by atoms with Crippen molar-refractivity contribution in [2.75, 3.05) is 5.32 Å². The van der Waals surface area contributed by atoms with Crippen molar-refractivity contribution in [1.82, 2.24) is 14.6 Å².